The number of nitrogens with zero attached hydrogens (tertiary/aromatic N) is 2. The van der Waals surface area contributed by atoms with Crippen LogP contribution < -0.4 is 5.73 Å². The first kappa shape index (κ1) is 13.1. The second-order valence-corrected chi connectivity index (χ2v) is 6.25. The zero-order valence-electron chi connectivity index (χ0n) is 11.9. The van der Waals surface area contributed by atoms with Crippen LogP contribution in [-0.2, 0) is 0 Å². The summed E-state index contributed by atoms with van der Waals surface area (Å²) in [6.45, 7) is 4.50. The van der Waals surface area contributed by atoms with E-state index >= 15 is 0 Å². The maximum Gasteiger partial charge on any atom is 0.0463 e. The predicted octanol–water partition coefficient (Wildman–Crippen LogP) is 2.45. The normalized spacial score (nSPS) is 32.6. The molecule has 3 nitrogen and oxygen atoms in total. The third-order valence-electron chi connectivity index (χ3n) is 4.91. The number of pyridine rings is 1. The highest BCUT2D eigenvalue weighted by Gasteiger charge is 2.31. The van der Waals surface area contributed by atoms with Gasteiger partial charge in [-0.3, -0.25) is 9.88 Å². The van der Waals surface area contributed by atoms with Gasteiger partial charge in [0.2, 0.25) is 0 Å². The van der Waals surface area contributed by atoms with Gasteiger partial charge in [0.15, 0.2) is 0 Å². The first-order valence-electron chi connectivity index (χ1n) is 7.65. The molecule has 3 rings (SSSR count). The zero-order chi connectivity index (χ0) is 13.2. The molecule has 0 bridgehead atoms. The van der Waals surface area contributed by atoms with Gasteiger partial charge in [-0.05, 0) is 50.7 Å². The Hall–Kier alpha value is -0.930. The van der Waals surface area contributed by atoms with E-state index in [1.165, 1.54) is 49.9 Å². The third-order valence-corrected chi connectivity index (χ3v) is 4.91. The Balaban J connectivity index is 1.59. The molecular formula is C16H25N3. The van der Waals surface area contributed by atoms with E-state index < -0.39 is 0 Å². The van der Waals surface area contributed by atoms with Gasteiger partial charge in [0, 0.05) is 43.0 Å². The highest BCUT2D eigenvalue weighted by Crippen LogP contribution is 2.35. The van der Waals surface area contributed by atoms with Gasteiger partial charge in [0.1, 0.15) is 0 Å². The van der Waals surface area contributed by atoms with E-state index in [2.05, 4.69) is 22.9 Å². The highest BCUT2D eigenvalue weighted by atomic mass is 15.2. The van der Waals surface area contributed by atoms with Crippen LogP contribution in [0.3, 0.4) is 0 Å². The molecule has 1 aliphatic heterocycles. The van der Waals surface area contributed by atoms with Crippen LogP contribution >= 0.6 is 0 Å². The van der Waals surface area contributed by atoms with Crippen LogP contribution in [0.5, 0.6) is 0 Å². The Morgan fingerprint density at radius 1 is 1.21 bits per heavy atom. The van der Waals surface area contributed by atoms with Crippen molar-refractivity contribution in [3.05, 3.63) is 29.6 Å². The van der Waals surface area contributed by atoms with E-state index in [0.717, 1.165) is 12.6 Å². The topological polar surface area (TPSA) is 42.2 Å². The molecule has 0 radical (unpaired) electrons. The van der Waals surface area contributed by atoms with E-state index in [9.17, 15) is 0 Å². The molecule has 19 heavy (non-hydrogen) atoms. The van der Waals surface area contributed by atoms with E-state index in [-0.39, 0.29) is 0 Å². The summed E-state index contributed by atoms with van der Waals surface area (Å²) in [4.78, 5) is 7.22. The lowest BCUT2D eigenvalue weighted by atomic mass is 9.82. The molecule has 2 N–H and O–H groups in total. The molecule has 1 atom stereocenters. The number of hydrogen-bond acceptors (Lipinski definition) is 3. The smallest absolute Gasteiger partial charge is 0.0463 e. The van der Waals surface area contributed by atoms with Crippen LogP contribution in [0.2, 0.25) is 0 Å². The summed E-state index contributed by atoms with van der Waals surface area (Å²) in [6, 6.07) is 5.41. The number of hydrogen-bond donors (Lipinski definition) is 1. The van der Waals surface area contributed by atoms with Crippen LogP contribution in [0, 0.1) is 6.92 Å². The van der Waals surface area contributed by atoms with Crippen molar-refractivity contribution in [2.24, 2.45) is 5.73 Å². The molecule has 1 aromatic rings. The summed E-state index contributed by atoms with van der Waals surface area (Å²) < 4.78 is 0. The lowest BCUT2D eigenvalue weighted by molar-refractivity contribution is 0.179. The molecule has 0 unspecified atom stereocenters. The minimum atomic E-state index is 0.413. The maximum absolute atomic E-state index is 6.02. The zero-order valence-corrected chi connectivity index (χ0v) is 11.9. The van der Waals surface area contributed by atoms with Crippen LogP contribution in [0.25, 0.3) is 0 Å². The predicted molar refractivity (Wildman–Crippen MR) is 78.1 cm³/mol. The lowest BCUT2D eigenvalue weighted by Gasteiger charge is -2.34. The van der Waals surface area contributed by atoms with Crippen LogP contribution in [0.15, 0.2) is 18.3 Å². The number of likely N-dealkylation sites (tertiary alicyclic amines) is 1. The van der Waals surface area contributed by atoms with Gasteiger partial charge in [-0.1, -0.05) is 6.07 Å². The molecule has 0 spiro atoms. The maximum atomic E-state index is 6.02. The minimum Gasteiger partial charge on any atom is -0.326 e. The summed E-state index contributed by atoms with van der Waals surface area (Å²) in [6.07, 6.45) is 8.32. The van der Waals surface area contributed by atoms with Crippen molar-refractivity contribution in [1.82, 2.24) is 9.88 Å². The Morgan fingerprint density at radius 3 is 2.63 bits per heavy atom. The fraction of sp³-hybridized carbons (Fsp3) is 0.688. The number of aromatic nitrogens is 1. The van der Waals surface area contributed by atoms with E-state index in [4.69, 9.17) is 5.73 Å². The van der Waals surface area contributed by atoms with Gasteiger partial charge < -0.3 is 5.73 Å². The molecule has 1 aromatic heterocycles. The fourth-order valence-electron chi connectivity index (χ4n) is 3.79. The molecule has 1 saturated heterocycles. The highest BCUT2D eigenvalue weighted by molar-refractivity contribution is 5.22. The van der Waals surface area contributed by atoms with Crippen molar-refractivity contribution in [3.8, 4) is 0 Å². The Bertz CT molecular complexity index is 424. The van der Waals surface area contributed by atoms with Crippen LogP contribution in [0.1, 0.15) is 49.3 Å². The van der Waals surface area contributed by atoms with Crippen LogP contribution in [-0.4, -0.2) is 35.1 Å². The molecule has 0 amide bonds. The number of rotatable bonds is 2. The van der Waals surface area contributed by atoms with Crippen molar-refractivity contribution in [3.63, 3.8) is 0 Å². The second-order valence-electron chi connectivity index (χ2n) is 6.25. The van der Waals surface area contributed by atoms with E-state index in [1.54, 1.807) is 0 Å². The molecule has 2 heterocycles. The molecule has 2 fully saturated rings. The van der Waals surface area contributed by atoms with Gasteiger partial charge in [-0.2, -0.15) is 0 Å². The van der Waals surface area contributed by atoms with Gasteiger partial charge in [-0.25, -0.2) is 0 Å². The molecule has 0 aromatic carbocycles. The molecule has 2 aliphatic rings. The van der Waals surface area contributed by atoms with Crippen molar-refractivity contribution < 1.29 is 0 Å². The Morgan fingerprint density at radius 2 is 2.00 bits per heavy atom. The van der Waals surface area contributed by atoms with Crippen molar-refractivity contribution in [2.75, 3.05) is 13.1 Å². The fourth-order valence-corrected chi connectivity index (χ4v) is 3.79. The molecular weight excluding hydrogens is 234 g/mol. The van der Waals surface area contributed by atoms with Gasteiger partial charge in [0.25, 0.3) is 0 Å². The molecule has 3 heteroatoms. The Kier molecular flexibility index (Phi) is 3.85. The molecule has 104 valence electrons. The first-order valence-corrected chi connectivity index (χ1v) is 7.65. The summed E-state index contributed by atoms with van der Waals surface area (Å²) in [5.74, 6) is 0.675. The van der Waals surface area contributed by atoms with E-state index in [0.29, 0.717) is 12.0 Å². The average molecular weight is 259 g/mol. The van der Waals surface area contributed by atoms with Crippen molar-refractivity contribution in [1.29, 1.82) is 0 Å². The summed E-state index contributed by atoms with van der Waals surface area (Å²) in [7, 11) is 0. The molecule has 1 aliphatic carbocycles. The SMILES string of the molecule is Cc1cccnc1C1CCC(N2CC[C@@H](N)C2)CC1. The average Bonchev–Trinajstić information content (AvgIpc) is 2.86. The molecule has 1 saturated carbocycles. The lowest BCUT2D eigenvalue weighted by Crippen LogP contribution is -2.38. The quantitative estimate of drug-likeness (QED) is 0.887. The van der Waals surface area contributed by atoms with Crippen molar-refractivity contribution in [2.45, 2.75) is 57.0 Å². The minimum absolute atomic E-state index is 0.413. The van der Waals surface area contributed by atoms with Gasteiger partial charge >= 0.3 is 0 Å². The Labute approximate surface area is 116 Å². The van der Waals surface area contributed by atoms with Gasteiger partial charge in [0.05, 0.1) is 0 Å². The summed E-state index contributed by atoms with van der Waals surface area (Å²) >= 11 is 0. The largest absolute Gasteiger partial charge is 0.326 e. The second kappa shape index (κ2) is 5.59. The monoisotopic (exact) mass is 259 g/mol. The first-order chi connectivity index (χ1) is 9.24. The van der Waals surface area contributed by atoms with Gasteiger partial charge in [-0.15, -0.1) is 0 Å². The van der Waals surface area contributed by atoms with Crippen LogP contribution in [0.4, 0.5) is 0 Å². The third kappa shape index (κ3) is 2.82. The number of aryl methyl sites for hydroxylation is 1. The van der Waals surface area contributed by atoms with Crippen molar-refractivity contribution >= 4 is 0 Å². The number of nitrogens with two attached hydrogens (primary N) is 1. The summed E-state index contributed by atoms with van der Waals surface area (Å²) in [5.41, 5.74) is 8.71. The van der Waals surface area contributed by atoms with E-state index in [1.807, 2.05) is 12.3 Å². The standard InChI is InChI=1S/C16H25N3/c1-12-3-2-9-18-16(12)13-4-6-15(7-5-13)19-10-8-14(17)11-19/h2-3,9,13-15H,4-8,10-11,17H2,1H3/t13?,14-,15?/m1/s1. The summed E-state index contributed by atoms with van der Waals surface area (Å²) in [5, 5.41) is 0.